The first-order valence-electron chi connectivity index (χ1n) is 17.7. The van der Waals surface area contributed by atoms with Crippen molar-refractivity contribution in [1.29, 1.82) is 0 Å². The van der Waals surface area contributed by atoms with Crippen LogP contribution in [0, 0.1) is 0 Å². The molecule has 3 N–H and O–H groups in total. The number of carbonyl (C=O) groups excluding carboxylic acids is 1. The van der Waals surface area contributed by atoms with Gasteiger partial charge in [-0.05, 0) is 70.6 Å². The average molecular weight is 598 g/mol. The number of nitrogens with one attached hydrogen (secondary N) is 1. The van der Waals surface area contributed by atoms with Gasteiger partial charge in [-0.15, -0.1) is 0 Å². The smallest absolute Gasteiger partial charge is 0.220 e. The lowest BCUT2D eigenvalue weighted by molar-refractivity contribution is -0.122. The molecule has 1 amide bonds. The zero-order valence-electron chi connectivity index (χ0n) is 27.9. The summed E-state index contributed by atoms with van der Waals surface area (Å²) >= 11 is 0. The van der Waals surface area contributed by atoms with Crippen LogP contribution in [0.1, 0.15) is 149 Å². The van der Waals surface area contributed by atoms with E-state index in [0.29, 0.717) is 6.42 Å². The molecule has 2 atom stereocenters. The summed E-state index contributed by atoms with van der Waals surface area (Å²) in [6.45, 7) is 4.20. The second-order valence-electron chi connectivity index (χ2n) is 11.6. The number of aliphatic hydroxyl groups excluding tert-OH is 2. The quantitative estimate of drug-likeness (QED) is 0.0570. The van der Waals surface area contributed by atoms with E-state index in [1.807, 2.05) is 6.08 Å². The summed E-state index contributed by atoms with van der Waals surface area (Å²) in [7, 11) is 0. The summed E-state index contributed by atoms with van der Waals surface area (Å²) in [5.41, 5.74) is 0. The number of carbonyl (C=O) groups is 1. The molecule has 0 aromatic rings. The van der Waals surface area contributed by atoms with E-state index in [4.69, 9.17) is 0 Å². The molecular weight excluding hydrogens is 530 g/mol. The van der Waals surface area contributed by atoms with Crippen molar-refractivity contribution in [3.8, 4) is 0 Å². The molecular formula is C39H67NO3. The third-order valence-corrected chi connectivity index (χ3v) is 7.41. The predicted molar refractivity (Wildman–Crippen MR) is 188 cm³/mol. The van der Waals surface area contributed by atoms with Gasteiger partial charge < -0.3 is 15.5 Å². The van der Waals surface area contributed by atoms with Crippen LogP contribution in [0.15, 0.2) is 72.9 Å². The number of unbranched alkanes of at least 4 members (excludes halogenated alkanes) is 13. The zero-order chi connectivity index (χ0) is 31.5. The van der Waals surface area contributed by atoms with Gasteiger partial charge in [0.25, 0.3) is 0 Å². The Morgan fingerprint density at radius 3 is 1.53 bits per heavy atom. The lowest BCUT2D eigenvalue weighted by Crippen LogP contribution is -2.45. The molecule has 0 aliphatic heterocycles. The Morgan fingerprint density at radius 2 is 0.977 bits per heavy atom. The van der Waals surface area contributed by atoms with Crippen LogP contribution in [-0.4, -0.2) is 34.9 Å². The molecule has 0 aromatic carbocycles. The van der Waals surface area contributed by atoms with E-state index in [1.165, 1.54) is 77.0 Å². The minimum absolute atomic E-state index is 0.134. The van der Waals surface area contributed by atoms with Crippen molar-refractivity contribution in [2.24, 2.45) is 0 Å². The zero-order valence-corrected chi connectivity index (χ0v) is 27.9. The second-order valence-corrected chi connectivity index (χ2v) is 11.6. The first kappa shape index (κ1) is 40.8. The molecule has 0 spiro atoms. The molecule has 0 bridgehead atoms. The third kappa shape index (κ3) is 31.1. The van der Waals surface area contributed by atoms with Crippen LogP contribution < -0.4 is 5.32 Å². The standard InChI is InChI=1S/C39H67NO3/c1-3-5-7-9-11-13-15-16-17-18-19-20-21-22-23-24-25-27-29-31-33-35-39(43)40-37(36-41)38(42)34-32-30-28-26-14-12-10-8-6-4-2/h14,17-18,20-21,23-24,26-27,29,32,34,37-38,41-42H,3-13,15-16,19,22,25,28,30-31,33,35-36H2,1-2H3,(H,40,43)/b18-17+,21-20+,24-23+,26-14+,29-27+,34-32+/t37-,38+/m0/s1. The van der Waals surface area contributed by atoms with E-state index in [2.05, 4.69) is 79.9 Å². The molecule has 43 heavy (non-hydrogen) atoms. The van der Waals surface area contributed by atoms with E-state index < -0.39 is 12.1 Å². The fourth-order valence-corrected chi connectivity index (χ4v) is 4.65. The van der Waals surface area contributed by atoms with Crippen LogP contribution in [0.3, 0.4) is 0 Å². The van der Waals surface area contributed by atoms with Gasteiger partial charge in [-0.1, -0.05) is 145 Å². The largest absolute Gasteiger partial charge is 0.394 e. The van der Waals surface area contributed by atoms with Crippen LogP contribution in [0.2, 0.25) is 0 Å². The van der Waals surface area contributed by atoms with Crippen LogP contribution in [0.5, 0.6) is 0 Å². The highest BCUT2D eigenvalue weighted by atomic mass is 16.3. The first-order valence-corrected chi connectivity index (χ1v) is 17.7. The summed E-state index contributed by atoms with van der Waals surface area (Å²) in [6, 6.07) is -0.668. The molecule has 4 nitrogen and oxygen atoms in total. The molecule has 4 heteroatoms. The number of aliphatic hydroxyl groups is 2. The number of amides is 1. The summed E-state index contributed by atoms with van der Waals surface area (Å²) in [5, 5.41) is 22.7. The summed E-state index contributed by atoms with van der Waals surface area (Å²) < 4.78 is 0. The highest BCUT2D eigenvalue weighted by Crippen LogP contribution is 2.09. The minimum Gasteiger partial charge on any atom is -0.394 e. The highest BCUT2D eigenvalue weighted by molar-refractivity contribution is 5.76. The minimum atomic E-state index is -0.885. The van der Waals surface area contributed by atoms with Crippen molar-refractivity contribution in [3.63, 3.8) is 0 Å². The maximum absolute atomic E-state index is 12.2. The van der Waals surface area contributed by atoms with Gasteiger partial charge in [0.2, 0.25) is 5.91 Å². The Labute approximate surface area is 266 Å². The van der Waals surface area contributed by atoms with Gasteiger partial charge in [-0.2, -0.15) is 0 Å². The molecule has 0 saturated heterocycles. The van der Waals surface area contributed by atoms with Gasteiger partial charge >= 0.3 is 0 Å². The number of hydrogen-bond donors (Lipinski definition) is 3. The van der Waals surface area contributed by atoms with E-state index in [1.54, 1.807) is 6.08 Å². The fraction of sp³-hybridized carbons (Fsp3) is 0.667. The van der Waals surface area contributed by atoms with E-state index >= 15 is 0 Å². The summed E-state index contributed by atoms with van der Waals surface area (Å²) in [6.07, 6.45) is 48.5. The topological polar surface area (TPSA) is 69.6 Å². The Balaban J connectivity index is 3.81. The molecule has 0 saturated carbocycles. The maximum atomic E-state index is 12.2. The van der Waals surface area contributed by atoms with Crippen molar-refractivity contribution >= 4 is 5.91 Å². The molecule has 0 aromatic heterocycles. The van der Waals surface area contributed by atoms with Gasteiger partial charge in [0.1, 0.15) is 0 Å². The monoisotopic (exact) mass is 598 g/mol. The summed E-state index contributed by atoms with van der Waals surface area (Å²) in [5.74, 6) is -0.134. The van der Waals surface area contributed by atoms with Crippen molar-refractivity contribution in [1.82, 2.24) is 5.32 Å². The highest BCUT2D eigenvalue weighted by Gasteiger charge is 2.17. The van der Waals surface area contributed by atoms with Crippen molar-refractivity contribution in [2.75, 3.05) is 6.61 Å². The van der Waals surface area contributed by atoms with Crippen LogP contribution in [0.4, 0.5) is 0 Å². The molecule has 0 heterocycles. The van der Waals surface area contributed by atoms with Gasteiger partial charge in [-0.3, -0.25) is 4.79 Å². The van der Waals surface area contributed by atoms with Gasteiger partial charge in [-0.25, -0.2) is 0 Å². The Bertz CT molecular complexity index is 777. The van der Waals surface area contributed by atoms with Crippen molar-refractivity contribution in [2.45, 2.75) is 161 Å². The molecule has 0 aliphatic rings. The van der Waals surface area contributed by atoms with Gasteiger partial charge in [0.15, 0.2) is 0 Å². The van der Waals surface area contributed by atoms with E-state index in [0.717, 1.165) is 51.4 Å². The van der Waals surface area contributed by atoms with Crippen LogP contribution in [-0.2, 0) is 4.79 Å². The summed E-state index contributed by atoms with van der Waals surface area (Å²) in [4.78, 5) is 12.2. The normalized spacial score (nSPS) is 14.0. The molecule has 0 fully saturated rings. The second kappa shape index (κ2) is 34.3. The first-order chi connectivity index (χ1) is 21.2. The Morgan fingerprint density at radius 1 is 0.558 bits per heavy atom. The molecule has 0 radical (unpaired) electrons. The molecule has 246 valence electrons. The predicted octanol–water partition coefficient (Wildman–Crippen LogP) is 10.4. The number of allylic oxidation sites excluding steroid dienone is 11. The lowest BCUT2D eigenvalue weighted by atomic mass is 10.1. The molecule has 0 aliphatic carbocycles. The van der Waals surface area contributed by atoms with Crippen LogP contribution >= 0.6 is 0 Å². The lowest BCUT2D eigenvalue weighted by Gasteiger charge is -2.19. The molecule has 0 unspecified atom stereocenters. The van der Waals surface area contributed by atoms with Gasteiger partial charge in [0.05, 0.1) is 18.8 Å². The Kier molecular flexibility index (Phi) is 32.6. The third-order valence-electron chi connectivity index (χ3n) is 7.41. The number of rotatable bonds is 30. The fourth-order valence-electron chi connectivity index (χ4n) is 4.65. The van der Waals surface area contributed by atoms with E-state index in [9.17, 15) is 15.0 Å². The SMILES string of the molecule is CCCCCC/C=C/CC/C=C/[C@@H](O)[C@H](CO)NC(=O)CCC/C=C/C/C=C/C/C=C/C/C=C/CCCCCCCCC. The van der Waals surface area contributed by atoms with Gasteiger partial charge in [0, 0.05) is 6.42 Å². The van der Waals surface area contributed by atoms with Crippen molar-refractivity contribution in [3.05, 3.63) is 72.9 Å². The van der Waals surface area contributed by atoms with Crippen LogP contribution in [0.25, 0.3) is 0 Å². The van der Waals surface area contributed by atoms with E-state index in [-0.39, 0.29) is 12.5 Å². The Hall–Kier alpha value is -2.17. The average Bonchev–Trinajstić information content (AvgIpc) is 3.01. The molecule has 0 rings (SSSR count). The number of hydrogen-bond acceptors (Lipinski definition) is 3. The maximum Gasteiger partial charge on any atom is 0.220 e. The van der Waals surface area contributed by atoms with Crippen molar-refractivity contribution < 1.29 is 15.0 Å².